The summed E-state index contributed by atoms with van der Waals surface area (Å²) in [5, 5.41) is 26.7. The smallest absolute Gasteiger partial charge is 0.314 e. The van der Waals surface area contributed by atoms with Crippen LogP contribution in [0.2, 0.25) is 0 Å². The highest BCUT2D eigenvalue weighted by molar-refractivity contribution is 6.01. The molecule has 13 nitrogen and oxygen atoms in total. The molecule has 1 saturated carbocycles. The maximum Gasteiger partial charge on any atom is 0.314 e. The predicted molar refractivity (Wildman–Crippen MR) is 164 cm³/mol. The van der Waals surface area contributed by atoms with Crippen molar-refractivity contribution in [2.45, 2.75) is 97.7 Å². The quantitative estimate of drug-likeness (QED) is 0.121. The summed E-state index contributed by atoms with van der Waals surface area (Å²) >= 11 is 0. The molecule has 1 aliphatic heterocycles. The minimum Gasteiger partial charge on any atom is -0.490 e. The molecule has 0 bridgehead atoms. The average Bonchev–Trinajstić information content (AvgIpc) is 3.38. The first kappa shape index (κ1) is 40.3. The summed E-state index contributed by atoms with van der Waals surface area (Å²) in [6.07, 6.45) is 4.10. The number of Topliss-reactive ketones (excluding diaryl/α,β-unsaturated/α-hetero) is 2. The topological polar surface area (TPSA) is 200 Å². The molecule has 1 heterocycles. The van der Waals surface area contributed by atoms with Crippen LogP contribution in [-0.2, 0) is 38.2 Å². The summed E-state index contributed by atoms with van der Waals surface area (Å²) in [5.41, 5.74) is -1.29. The predicted octanol–water partition coefficient (Wildman–Crippen LogP) is 3.45. The van der Waals surface area contributed by atoms with Gasteiger partial charge in [-0.3, -0.25) is 28.8 Å². The Morgan fingerprint density at radius 2 is 1.41 bits per heavy atom. The highest BCUT2D eigenvalue weighted by Crippen LogP contribution is 2.32. The molecular formula is C33H48O13. The number of hydrogen-bond acceptors (Lipinski definition) is 12. The van der Waals surface area contributed by atoms with E-state index in [0.29, 0.717) is 23.7 Å². The van der Waals surface area contributed by atoms with Gasteiger partial charge in [0.25, 0.3) is 0 Å². The molecule has 13 heteroatoms. The number of carbonyl (C=O) groups excluding carboxylic acids is 5. The second-order valence-corrected chi connectivity index (χ2v) is 12.4. The van der Waals surface area contributed by atoms with Crippen LogP contribution >= 0.6 is 0 Å². The van der Waals surface area contributed by atoms with E-state index in [1.807, 2.05) is 20.8 Å². The molecule has 1 aromatic carbocycles. The van der Waals surface area contributed by atoms with E-state index in [1.165, 1.54) is 26.0 Å². The van der Waals surface area contributed by atoms with E-state index >= 15 is 0 Å². The number of carbonyl (C=O) groups is 6. The van der Waals surface area contributed by atoms with Crippen LogP contribution in [0.4, 0.5) is 0 Å². The third kappa shape index (κ3) is 16.6. The van der Waals surface area contributed by atoms with Crippen molar-refractivity contribution in [2.75, 3.05) is 26.4 Å². The van der Waals surface area contributed by atoms with Gasteiger partial charge in [0, 0.05) is 16.9 Å². The van der Waals surface area contributed by atoms with Crippen LogP contribution < -0.4 is 4.74 Å². The highest BCUT2D eigenvalue weighted by atomic mass is 16.6. The molecule has 0 aromatic heterocycles. The van der Waals surface area contributed by atoms with Crippen molar-refractivity contribution in [3.8, 4) is 5.75 Å². The van der Waals surface area contributed by atoms with Crippen molar-refractivity contribution in [1.82, 2.24) is 0 Å². The maximum atomic E-state index is 12.1. The maximum absolute atomic E-state index is 12.1. The van der Waals surface area contributed by atoms with Crippen molar-refractivity contribution >= 4 is 35.4 Å². The molecule has 0 radical (unpaired) electrons. The van der Waals surface area contributed by atoms with Crippen molar-refractivity contribution in [3.63, 3.8) is 0 Å². The van der Waals surface area contributed by atoms with Crippen molar-refractivity contribution in [1.29, 1.82) is 0 Å². The summed E-state index contributed by atoms with van der Waals surface area (Å²) < 4.78 is 19.7. The number of ketones is 2. The molecule has 2 aliphatic rings. The van der Waals surface area contributed by atoms with E-state index in [4.69, 9.17) is 24.4 Å². The molecule has 0 spiro atoms. The van der Waals surface area contributed by atoms with E-state index in [2.05, 4.69) is 4.74 Å². The van der Waals surface area contributed by atoms with Crippen LogP contribution in [0, 0.1) is 11.3 Å². The Morgan fingerprint density at radius 1 is 0.848 bits per heavy atom. The van der Waals surface area contributed by atoms with Gasteiger partial charge in [-0.05, 0) is 63.8 Å². The van der Waals surface area contributed by atoms with Gasteiger partial charge in [0.15, 0.2) is 5.78 Å². The van der Waals surface area contributed by atoms with Crippen molar-refractivity contribution in [2.24, 2.45) is 11.3 Å². The van der Waals surface area contributed by atoms with Gasteiger partial charge < -0.3 is 34.3 Å². The number of ether oxygens (including phenoxy) is 4. The third-order valence-electron chi connectivity index (χ3n) is 6.82. The van der Waals surface area contributed by atoms with Crippen LogP contribution in [0.1, 0.15) is 96.3 Å². The van der Waals surface area contributed by atoms with Gasteiger partial charge in [0.1, 0.15) is 30.3 Å². The van der Waals surface area contributed by atoms with Crippen molar-refractivity contribution in [3.05, 3.63) is 29.8 Å². The lowest BCUT2D eigenvalue weighted by Crippen LogP contribution is -2.33. The Kier molecular flexibility index (Phi) is 17.3. The Bertz CT molecular complexity index is 1140. The van der Waals surface area contributed by atoms with E-state index < -0.39 is 35.3 Å². The molecule has 46 heavy (non-hydrogen) atoms. The SMILES string of the molecule is CC(C)(C)C(=O)C1CCC(OCCO)CC1.CC(C)(O)C(=O)c1ccc(OCCOC(=O)CCC(=O)O)cc1.O=C1CCC(=O)O1. The number of aliphatic hydroxyl groups is 2. The first-order chi connectivity index (χ1) is 21.4. The van der Waals surface area contributed by atoms with E-state index in [1.54, 1.807) is 12.1 Å². The van der Waals surface area contributed by atoms with Crippen LogP contribution in [-0.4, -0.2) is 88.9 Å². The molecule has 2 fully saturated rings. The fourth-order valence-electron chi connectivity index (χ4n) is 4.41. The highest BCUT2D eigenvalue weighted by Gasteiger charge is 2.33. The molecule has 0 atom stereocenters. The number of carboxylic acid groups (broad SMARTS) is 1. The second-order valence-electron chi connectivity index (χ2n) is 12.4. The number of aliphatic carboxylic acids is 1. The fraction of sp³-hybridized carbons (Fsp3) is 0.636. The lowest BCUT2D eigenvalue weighted by Gasteiger charge is -2.31. The third-order valence-corrected chi connectivity index (χ3v) is 6.82. The Morgan fingerprint density at radius 3 is 1.85 bits per heavy atom. The molecule has 1 aliphatic carbocycles. The summed E-state index contributed by atoms with van der Waals surface area (Å²) in [6, 6.07) is 6.22. The van der Waals surface area contributed by atoms with Gasteiger partial charge in [0.2, 0.25) is 0 Å². The zero-order valence-corrected chi connectivity index (χ0v) is 27.4. The Hall–Kier alpha value is -3.68. The van der Waals surface area contributed by atoms with Crippen molar-refractivity contribution < 1.29 is 63.0 Å². The van der Waals surface area contributed by atoms with E-state index in [0.717, 1.165) is 25.7 Å². The summed E-state index contributed by atoms with van der Waals surface area (Å²) in [5.74, 6) is -1.76. The zero-order valence-electron chi connectivity index (χ0n) is 27.4. The number of esters is 3. The molecule has 258 valence electrons. The lowest BCUT2D eigenvalue weighted by molar-refractivity contribution is -0.152. The van der Waals surface area contributed by atoms with Crippen LogP contribution in [0.3, 0.4) is 0 Å². The van der Waals surface area contributed by atoms with E-state index in [9.17, 15) is 33.9 Å². The number of cyclic esters (lactones) is 2. The molecule has 1 aromatic rings. The molecular weight excluding hydrogens is 604 g/mol. The summed E-state index contributed by atoms with van der Waals surface area (Å²) in [6.45, 7) is 9.41. The number of aliphatic hydroxyl groups excluding tert-OH is 1. The van der Waals surface area contributed by atoms with Gasteiger partial charge in [-0.2, -0.15) is 0 Å². The summed E-state index contributed by atoms with van der Waals surface area (Å²) in [4.78, 5) is 65.4. The van der Waals surface area contributed by atoms with Gasteiger partial charge >= 0.3 is 23.9 Å². The van der Waals surface area contributed by atoms with Crippen LogP contribution in [0.25, 0.3) is 0 Å². The second kappa shape index (κ2) is 19.7. The molecule has 3 rings (SSSR count). The van der Waals surface area contributed by atoms with Crippen LogP contribution in [0.15, 0.2) is 24.3 Å². The average molecular weight is 653 g/mol. The Labute approximate surface area is 269 Å². The monoisotopic (exact) mass is 652 g/mol. The molecule has 1 saturated heterocycles. The molecule has 3 N–H and O–H groups in total. The lowest BCUT2D eigenvalue weighted by atomic mass is 9.76. The van der Waals surface area contributed by atoms with E-state index in [-0.39, 0.29) is 62.9 Å². The minimum absolute atomic E-state index is 0.00278. The molecule has 0 amide bonds. The first-order valence-electron chi connectivity index (χ1n) is 15.3. The normalized spacial score (nSPS) is 17.8. The number of hydrogen-bond donors (Lipinski definition) is 3. The number of benzene rings is 1. The number of carboxylic acids is 1. The largest absolute Gasteiger partial charge is 0.490 e. The fourth-order valence-corrected chi connectivity index (χ4v) is 4.41. The zero-order chi connectivity index (χ0) is 34.9. The summed E-state index contributed by atoms with van der Waals surface area (Å²) in [7, 11) is 0. The van der Waals surface area contributed by atoms with Gasteiger partial charge in [0.05, 0.1) is 45.0 Å². The Balaban J connectivity index is 0.000000394. The molecule has 0 unspecified atom stereocenters. The van der Waals surface area contributed by atoms with Gasteiger partial charge in [-0.25, -0.2) is 0 Å². The van der Waals surface area contributed by atoms with Gasteiger partial charge in [-0.1, -0.05) is 20.8 Å². The van der Waals surface area contributed by atoms with Crippen LogP contribution in [0.5, 0.6) is 5.75 Å². The first-order valence-corrected chi connectivity index (χ1v) is 15.3. The van der Waals surface area contributed by atoms with Gasteiger partial charge in [-0.15, -0.1) is 0 Å². The minimum atomic E-state index is -1.44. The standard InChI is InChI=1S/C16H20O7.C13H24O3.C4H4O3/c1-16(2,21)15(20)11-3-5-12(6-4-11)22-9-10-23-14(19)8-7-13(17)18;1-13(2,3)12(15)10-4-6-11(7-5-10)16-9-8-14;5-3-1-2-4(6)7-3/h3-6,21H,7-10H2,1-2H3,(H,17,18);10-11,14H,4-9H2,1-3H3;1-2H2. The number of rotatable bonds is 13.